The zero-order valence-electron chi connectivity index (χ0n) is 20.5. The molecule has 2 atom stereocenters. The number of aromatic nitrogens is 2. The van der Waals surface area contributed by atoms with Gasteiger partial charge in [0.1, 0.15) is 10.4 Å². The maximum atomic E-state index is 13.9. The second-order valence-electron chi connectivity index (χ2n) is 9.58. The molecule has 8 heteroatoms. The first-order valence-electron chi connectivity index (χ1n) is 11.6. The fourth-order valence-electron chi connectivity index (χ4n) is 4.24. The van der Waals surface area contributed by atoms with Crippen molar-refractivity contribution in [3.63, 3.8) is 0 Å². The van der Waals surface area contributed by atoms with E-state index in [9.17, 15) is 14.9 Å². The third-order valence-electron chi connectivity index (χ3n) is 6.72. The van der Waals surface area contributed by atoms with Crippen molar-refractivity contribution < 1.29 is 4.79 Å². The Labute approximate surface area is 208 Å². The van der Waals surface area contributed by atoms with Gasteiger partial charge >= 0.3 is 0 Å². The fourth-order valence-corrected chi connectivity index (χ4v) is 6.47. The molecule has 2 unspecified atom stereocenters. The molecule has 1 N–H and O–H groups in total. The Morgan fingerprint density at radius 1 is 1.29 bits per heavy atom. The van der Waals surface area contributed by atoms with Crippen molar-refractivity contribution in [2.24, 2.45) is 5.92 Å². The number of thioether (sulfide) groups is 1. The largest absolute Gasteiger partial charge is 0.337 e. The van der Waals surface area contributed by atoms with Crippen LogP contribution in [0.25, 0.3) is 15.9 Å². The molecule has 3 aromatic rings. The van der Waals surface area contributed by atoms with E-state index in [1.807, 2.05) is 39.8 Å². The van der Waals surface area contributed by atoms with Crippen LogP contribution in [0.1, 0.15) is 55.7 Å². The molecule has 1 aliphatic rings. The van der Waals surface area contributed by atoms with E-state index < -0.39 is 10.8 Å². The minimum atomic E-state index is -0.967. The number of nitriles is 1. The van der Waals surface area contributed by atoms with Crippen molar-refractivity contribution >= 4 is 39.2 Å². The van der Waals surface area contributed by atoms with E-state index in [4.69, 9.17) is 4.98 Å². The Balaban J connectivity index is 1.81. The van der Waals surface area contributed by atoms with Gasteiger partial charge in [-0.1, -0.05) is 43.3 Å². The second kappa shape index (κ2) is 9.20. The molecule has 0 spiro atoms. The molecule has 6 nitrogen and oxygen atoms in total. The third-order valence-corrected chi connectivity index (χ3v) is 8.96. The van der Waals surface area contributed by atoms with Crippen LogP contribution < -0.4 is 10.9 Å². The average Bonchev–Trinajstić information content (AvgIpc) is 3.35. The van der Waals surface area contributed by atoms with E-state index in [1.54, 1.807) is 29.8 Å². The van der Waals surface area contributed by atoms with Gasteiger partial charge in [-0.15, -0.1) is 11.3 Å². The summed E-state index contributed by atoms with van der Waals surface area (Å²) in [6, 6.07) is 8.21. The van der Waals surface area contributed by atoms with Gasteiger partial charge < -0.3 is 5.32 Å². The first kappa shape index (κ1) is 24.5. The minimum absolute atomic E-state index is 0.0463. The summed E-state index contributed by atoms with van der Waals surface area (Å²) in [5, 5.41) is 13.2. The average molecular weight is 495 g/mol. The van der Waals surface area contributed by atoms with E-state index >= 15 is 0 Å². The Bertz CT molecular complexity index is 1380. The molecule has 178 valence electrons. The van der Waals surface area contributed by atoms with Crippen LogP contribution in [-0.4, -0.2) is 26.2 Å². The number of carbonyl (C=O) groups is 1. The number of hydrogen-bond acceptors (Lipinski definition) is 6. The van der Waals surface area contributed by atoms with E-state index in [0.717, 1.165) is 51.9 Å². The number of aryl methyl sites for hydroxylation is 4. The molecule has 1 aromatic carbocycles. The monoisotopic (exact) mass is 494 g/mol. The first-order valence-corrected chi connectivity index (χ1v) is 13.3. The summed E-state index contributed by atoms with van der Waals surface area (Å²) in [5.41, 5.74) is 2.97. The SMILES string of the molecule is Cc1ccc(-n2c(SC(C)C(=O)NC(C)(C#N)C(C)C)nc3sc4c(c3c2=O)CCC4)c(C)c1. The van der Waals surface area contributed by atoms with E-state index in [-0.39, 0.29) is 17.4 Å². The van der Waals surface area contributed by atoms with Gasteiger partial charge in [-0.05, 0) is 70.1 Å². The molecule has 0 bridgehead atoms. The molecule has 1 amide bonds. The van der Waals surface area contributed by atoms with E-state index in [2.05, 4.69) is 17.5 Å². The summed E-state index contributed by atoms with van der Waals surface area (Å²) < 4.78 is 1.67. The maximum absolute atomic E-state index is 13.9. The highest BCUT2D eigenvalue weighted by Crippen LogP contribution is 2.37. The van der Waals surface area contributed by atoms with Gasteiger partial charge in [-0.3, -0.25) is 14.2 Å². The molecule has 2 aromatic heterocycles. The number of benzene rings is 1. The zero-order chi connectivity index (χ0) is 24.8. The molecule has 0 radical (unpaired) electrons. The highest BCUT2D eigenvalue weighted by molar-refractivity contribution is 8.00. The number of fused-ring (bicyclic) bond motifs is 3. The summed E-state index contributed by atoms with van der Waals surface area (Å²) in [6.07, 6.45) is 2.97. The minimum Gasteiger partial charge on any atom is -0.337 e. The topological polar surface area (TPSA) is 87.8 Å². The number of hydrogen-bond donors (Lipinski definition) is 1. The molecule has 1 aliphatic carbocycles. The van der Waals surface area contributed by atoms with Crippen LogP contribution in [0.5, 0.6) is 0 Å². The van der Waals surface area contributed by atoms with Gasteiger partial charge in [-0.2, -0.15) is 5.26 Å². The quantitative estimate of drug-likeness (QED) is 0.381. The third kappa shape index (κ3) is 4.27. The molecular formula is C26H30N4O2S2. The predicted octanol–water partition coefficient (Wildman–Crippen LogP) is 5.09. The lowest BCUT2D eigenvalue weighted by molar-refractivity contribution is -0.121. The van der Waals surface area contributed by atoms with Crippen molar-refractivity contribution in [2.75, 3.05) is 0 Å². The lowest BCUT2D eigenvalue weighted by Crippen LogP contribution is -2.51. The summed E-state index contributed by atoms with van der Waals surface area (Å²) in [6.45, 7) is 11.3. The molecule has 0 saturated carbocycles. The molecule has 0 aliphatic heterocycles. The van der Waals surface area contributed by atoms with Crippen molar-refractivity contribution in [2.45, 2.75) is 76.8 Å². The van der Waals surface area contributed by atoms with E-state index in [1.165, 1.54) is 16.6 Å². The Hall–Kier alpha value is -2.63. The number of rotatable bonds is 6. The van der Waals surface area contributed by atoms with Crippen LogP contribution in [0.4, 0.5) is 0 Å². The summed E-state index contributed by atoms with van der Waals surface area (Å²) in [5.74, 6) is -0.298. The zero-order valence-corrected chi connectivity index (χ0v) is 22.1. The van der Waals surface area contributed by atoms with Gasteiger partial charge in [0.25, 0.3) is 5.56 Å². The molecule has 0 fully saturated rings. The van der Waals surface area contributed by atoms with Crippen molar-refractivity contribution in [3.8, 4) is 11.8 Å². The van der Waals surface area contributed by atoms with Crippen molar-refractivity contribution in [3.05, 3.63) is 50.1 Å². The Morgan fingerprint density at radius 3 is 2.68 bits per heavy atom. The standard InChI is InChI=1S/C26H30N4O2S2/c1-14(2)26(6,13-27)29-22(31)17(5)33-25-28-23-21(18-8-7-9-20(18)34-23)24(32)30(25)19-11-10-15(3)12-16(19)4/h10-12,14,17H,7-9H2,1-6H3,(H,29,31). The van der Waals surface area contributed by atoms with E-state index in [0.29, 0.717) is 5.16 Å². The summed E-state index contributed by atoms with van der Waals surface area (Å²) in [4.78, 5) is 33.9. The number of amides is 1. The highest BCUT2D eigenvalue weighted by atomic mass is 32.2. The first-order chi connectivity index (χ1) is 16.1. The highest BCUT2D eigenvalue weighted by Gasteiger charge is 2.33. The van der Waals surface area contributed by atoms with Crippen LogP contribution in [0.15, 0.2) is 28.2 Å². The smallest absolute Gasteiger partial charge is 0.267 e. The number of carbonyl (C=O) groups excluding carboxylic acids is 1. The number of thiophene rings is 1. The van der Waals surface area contributed by atoms with Crippen LogP contribution >= 0.6 is 23.1 Å². The molecular weight excluding hydrogens is 464 g/mol. The lowest BCUT2D eigenvalue weighted by atomic mass is 9.90. The second-order valence-corrected chi connectivity index (χ2v) is 12.0. The van der Waals surface area contributed by atoms with Crippen LogP contribution in [0.3, 0.4) is 0 Å². The normalized spacial score (nSPS) is 15.7. The molecule has 4 rings (SSSR count). The van der Waals surface area contributed by atoms with Gasteiger partial charge in [0, 0.05) is 4.88 Å². The lowest BCUT2D eigenvalue weighted by Gasteiger charge is -2.28. The Morgan fingerprint density at radius 2 is 2.03 bits per heavy atom. The number of nitrogens with one attached hydrogen (secondary N) is 1. The van der Waals surface area contributed by atoms with Gasteiger partial charge in [0.2, 0.25) is 5.91 Å². The van der Waals surface area contributed by atoms with Crippen LogP contribution in [0, 0.1) is 31.1 Å². The van der Waals surface area contributed by atoms with Gasteiger partial charge in [0.05, 0.1) is 22.4 Å². The molecule has 34 heavy (non-hydrogen) atoms. The van der Waals surface area contributed by atoms with Crippen LogP contribution in [0.2, 0.25) is 0 Å². The Kier molecular flexibility index (Phi) is 6.63. The van der Waals surface area contributed by atoms with Gasteiger partial charge in [0.15, 0.2) is 5.16 Å². The number of nitrogens with zero attached hydrogens (tertiary/aromatic N) is 3. The molecule has 0 saturated heterocycles. The van der Waals surface area contributed by atoms with Crippen molar-refractivity contribution in [1.82, 2.24) is 14.9 Å². The molecule has 2 heterocycles. The maximum Gasteiger partial charge on any atom is 0.267 e. The predicted molar refractivity (Wildman–Crippen MR) is 139 cm³/mol. The fraction of sp³-hybridized carbons (Fsp3) is 0.462. The summed E-state index contributed by atoms with van der Waals surface area (Å²) >= 11 is 2.85. The van der Waals surface area contributed by atoms with Gasteiger partial charge in [-0.25, -0.2) is 4.98 Å². The summed E-state index contributed by atoms with van der Waals surface area (Å²) in [7, 11) is 0. The van der Waals surface area contributed by atoms with Crippen molar-refractivity contribution in [1.29, 1.82) is 5.26 Å². The van der Waals surface area contributed by atoms with Crippen LogP contribution in [-0.2, 0) is 17.6 Å².